The summed E-state index contributed by atoms with van der Waals surface area (Å²) in [6.07, 6.45) is 5.82. The summed E-state index contributed by atoms with van der Waals surface area (Å²) in [4.78, 5) is 13.8. The standard InChI is InChI=1S/C12H18N2O2/c15-10-11-4-3-7-14(8-11)12(16)9-13-5-1-2-6-13/h1-2,5-6,11,15H,3-4,7-10H2/t11-/m0/s1. The van der Waals surface area contributed by atoms with Crippen LogP contribution in [-0.4, -0.2) is 40.2 Å². The van der Waals surface area contributed by atoms with Gasteiger partial charge in [-0.3, -0.25) is 4.79 Å². The Balaban J connectivity index is 1.89. The minimum atomic E-state index is 0.148. The number of carbonyl (C=O) groups is 1. The monoisotopic (exact) mass is 222 g/mol. The molecule has 16 heavy (non-hydrogen) atoms. The fraction of sp³-hybridized carbons (Fsp3) is 0.583. The van der Waals surface area contributed by atoms with Crippen molar-refractivity contribution in [3.8, 4) is 0 Å². The third-order valence-electron chi connectivity index (χ3n) is 3.11. The number of hydrogen-bond acceptors (Lipinski definition) is 2. The van der Waals surface area contributed by atoms with Gasteiger partial charge in [0.05, 0.1) is 0 Å². The molecule has 1 aliphatic rings. The van der Waals surface area contributed by atoms with Gasteiger partial charge in [-0.05, 0) is 30.9 Å². The molecule has 1 fully saturated rings. The van der Waals surface area contributed by atoms with Crippen LogP contribution in [0.25, 0.3) is 0 Å². The first kappa shape index (κ1) is 11.2. The van der Waals surface area contributed by atoms with E-state index in [1.807, 2.05) is 34.0 Å². The zero-order valence-electron chi connectivity index (χ0n) is 9.38. The normalized spacial score (nSPS) is 21.1. The number of aliphatic hydroxyl groups is 1. The zero-order valence-corrected chi connectivity index (χ0v) is 9.38. The molecule has 0 spiro atoms. The first-order valence-corrected chi connectivity index (χ1v) is 5.79. The van der Waals surface area contributed by atoms with E-state index in [0.717, 1.165) is 19.4 Å². The lowest BCUT2D eigenvalue weighted by Gasteiger charge is -2.32. The van der Waals surface area contributed by atoms with Crippen LogP contribution in [-0.2, 0) is 11.3 Å². The van der Waals surface area contributed by atoms with E-state index in [4.69, 9.17) is 5.11 Å². The van der Waals surface area contributed by atoms with Crippen LogP contribution in [0.15, 0.2) is 24.5 Å². The number of aromatic nitrogens is 1. The lowest BCUT2D eigenvalue weighted by atomic mass is 9.99. The first-order valence-electron chi connectivity index (χ1n) is 5.79. The smallest absolute Gasteiger partial charge is 0.242 e. The second-order valence-corrected chi connectivity index (χ2v) is 4.39. The van der Waals surface area contributed by atoms with E-state index in [0.29, 0.717) is 13.1 Å². The molecule has 1 saturated heterocycles. The lowest BCUT2D eigenvalue weighted by molar-refractivity contribution is -0.133. The predicted molar refractivity (Wildman–Crippen MR) is 60.8 cm³/mol. The number of hydrogen-bond donors (Lipinski definition) is 1. The molecule has 2 rings (SSSR count). The van der Waals surface area contributed by atoms with Crippen molar-refractivity contribution in [3.05, 3.63) is 24.5 Å². The molecule has 0 aliphatic carbocycles. The molecule has 4 heteroatoms. The number of amides is 1. The maximum Gasteiger partial charge on any atom is 0.242 e. The molecule has 4 nitrogen and oxygen atoms in total. The first-order chi connectivity index (χ1) is 7.79. The molecule has 1 aromatic heterocycles. The average Bonchev–Trinajstić information content (AvgIpc) is 2.82. The highest BCUT2D eigenvalue weighted by Crippen LogP contribution is 2.16. The van der Waals surface area contributed by atoms with Crippen molar-refractivity contribution in [2.45, 2.75) is 19.4 Å². The number of piperidine rings is 1. The van der Waals surface area contributed by atoms with E-state index in [1.54, 1.807) is 0 Å². The maximum atomic E-state index is 12.0. The van der Waals surface area contributed by atoms with Crippen LogP contribution in [0.1, 0.15) is 12.8 Å². The van der Waals surface area contributed by atoms with Crippen molar-refractivity contribution in [1.82, 2.24) is 9.47 Å². The van der Waals surface area contributed by atoms with Crippen molar-refractivity contribution in [3.63, 3.8) is 0 Å². The van der Waals surface area contributed by atoms with E-state index >= 15 is 0 Å². The summed E-state index contributed by atoms with van der Waals surface area (Å²) in [5, 5.41) is 9.10. The quantitative estimate of drug-likeness (QED) is 0.819. The molecule has 88 valence electrons. The molecular formula is C12H18N2O2. The molecular weight excluding hydrogens is 204 g/mol. The summed E-state index contributed by atoms with van der Waals surface area (Å²) in [6, 6.07) is 3.83. The number of aliphatic hydroxyl groups excluding tert-OH is 1. The van der Waals surface area contributed by atoms with Crippen LogP contribution in [0.5, 0.6) is 0 Å². The van der Waals surface area contributed by atoms with Gasteiger partial charge in [0.2, 0.25) is 5.91 Å². The zero-order chi connectivity index (χ0) is 11.4. The van der Waals surface area contributed by atoms with E-state index in [2.05, 4.69) is 0 Å². The number of rotatable bonds is 3. The van der Waals surface area contributed by atoms with Crippen molar-refractivity contribution >= 4 is 5.91 Å². The molecule has 0 radical (unpaired) electrons. The predicted octanol–water partition coefficient (Wildman–Crippen LogP) is 0.719. The van der Waals surface area contributed by atoms with Gasteiger partial charge in [0.1, 0.15) is 6.54 Å². The Hall–Kier alpha value is -1.29. The second kappa shape index (κ2) is 5.16. The average molecular weight is 222 g/mol. The largest absolute Gasteiger partial charge is 0.396 e. The summed E-state index contributed by atoms with van der Waals surface area (Å²) >= 11 is 0. The van der Waals surface area contributed by atoms with Crippen LogP contribution in [0.4, 0.5) is 0 Å². The minimum Gasteiger partial charge on any atom is -0.396 e. The van der Waals surface area contributed by atoms with Gasteiger partial charge in [0, 0.05) is 32.1 Å². The van der Waals surface area contributed by atoms with Crippen LogP contribution in [0.2, 0.25) is 0 Å². The Morgan fingerprint density at radius 2 is 2.12 bits per heavy atom. The van der Waals surface area contributed by atoms with Gasteiger partial charge in [-0.25, -0.2) is 0 Å². The van der Waals surface area contributed by atoms with Gasteiger partial charge in [-0.15, -0.1) is 0 Å². The summed E-state index contributed by atoms with van der Waals surface area (Å²) in [7, 11) is 0. The fourth-order valence-corrected chi connectivity index (χ4v) is 2.17. The fourth-order valence-electron chi connectivity index (χ4n) is 2.17. The van der Waals surface area contributed by atoms with Gasteiger partial charge in [-0.1, -0.05) is 0 Å². The highest BCUT2D eigenvalue weighted by atomic mass is 16.3. The molecule has 1 amide bonds. The number of carbonyl (C=O) groups excluding carboxylic acids is 1. The number of likely N-dealkylation sites (tertiary alicyclic amines) is 1. The lowest BCUT2D eigenvalue weighted by Crippen LogP contribution is -2.42. The van der Waals surface area contributed by atoms with E-state index in [1.165, 1.54) is 0 Å². The molecule has 1 aliphatic heterocycles. The Bertz CT molecular complexity index is 335. The third-order valence-corrected chi connectivity index (χ3v) is 3.11. The molecule has 0 saturated carbocycles. The van der Waals surface area contributed by atoms with Crippen molar-refractivity contribution < 1.29 is 9.90 Å². The summed E-state index contributed by atoms with van der Waals surface area (Å²) < 4.78 is 1.88. The minimum absolute atomic E-state index is 0.148. The molecule has 1 aromatic rings. The SMILES string of the molecule is O=C(Cn1cccc1)N1CCC[C@H](CO)C1. The Morgan fingerprint density at radius 1 is 1.38 bits per heavy atom. The highest BCUT2D eigenvalue weighted by Gasteiger charge is 2.22. The topological polar surface area (TPSA) is 45.5 Å². The summed E-state index contributed by atoms with van der Waals surface area (Å²) in [5.74, 6) is 0.414. The molecule has 2 heterocycles. The molecule has 0 unspecified atom stereocenters. The van der Waals surface area contributed by atoms with Gasteiger partial charge in [0.25, 0.3) is 0 Å². The van der Waals surface area contributed by atoms with Crippen molar-refractivity contribution in [2.24, 2.45) is 5.92 Å². The Morgan fingerprint density at radius 3 is 2.81 bits per heavy atom. The summed E-state index contributed by atoms with van der Waals surface area (Å²) in [5.41, 5.74) is 0. The second-order valence-electron chi connectivity index (χ2n) is 4.39. The van der Waals surface area contributed by atoms with Gasteiger partial charge >= 0.3 is 0 Å². The van der Waals surface area contributed by atoms with Crippen LogP contribution in [0, 0.1) is 5.92 Å². The Kier molecular flexibility index (Phi) is 3.62. The van der Waals surface area contributed by atoms with Gasteiger partial charge < -0.3 is 14.6 Å². The number of nitrogens with zero attached hydrogens (tertiary/aromatic N) is 2. The van der Waals surface area contributed by atoms with Gasteiger partial charge in [0.15, 0.2) is 0 Å². The maximum absolute atomic E-state index is 12.0. The highest BCUT2D eigenvalue weighted by molar-refractivity contribution is 5.76. The molecule has 1 N–H and O–H groups in total. The van der Waals surface area contributed by atoms with Crippen molar-refractivity contribution in [1.29, 1.82) is 0 Å². The van der Waals surface area contributed by atoms with Crippen molar-refractivity contribution in [2.75, 3.05) is 19.7 Å². The van der Waals surface area contributed by atoms with E-state index < -0.39 is 0 Å². The summed E-state index contributed by atoms with van der Waals surface area (Å²) in [6.45, 7) is 2.13. The van der Waals surface area contributed by atoms with E-state index in [-0.39, 0.29) is 18.4 Å². The van der Waals surface area contributed by atoms with E-state index in [9.17, 15) is 4.79 Å². The van der Waals surface area contributed by atoms with Crippen LogP contribution >= 0.6 is 0 Å². The van der Waals surface area contributed by atoms with Crippen LogP contribution < -0.4 is 0 Å². The third kappa shape index (κ3) is 2.64. The molecule has 0 aromatic carbocycles. The van der Waals surface area contributed by atoms with Gasteiger partial charge in [-0.2, -0.15) is 0 Å². The molecule has 0 bridgehead atoms. The van der Waals surface area contributed by atoms with Crippen LogP contribution in [0.3, 0.4) is 0 Å². The molecule has 1 atom stereocenters. The Labute approximate surface area is 95.5 Å².